The molecule has 0 saturated carbocycles. The normalized spacial score (nSPS) is 11.6. The van der Waals surface area contributed by atoms with Crippen LogP contribution in [-0.2, 0) is 20.2 Å². The molecule has 3 aromatic carbocycles. The van der Waals surface area contributed by atoms with Crippen molar-refractivity contribution in [2.24, 2.45) is 0 Å². The number of hydrogen-bond donors (Lipinski definition) is 1. The molecule has 198 valence electrons. The zero-order valence-electron chi connectivity index (χ0n) is 21.7. The van der Waals surface area contributed by atoms with E-state index in [4.69, 9.17) is 9.47 Å². The quantitative estimate of drug-likeness (QED) is 0.318. The first-order valence-corrected chi connectivity index (χ1v) is 14.1. The molecule has 3 aromatic rings. The van der Waals surface area contributed by atoms with Gasteiger partial charge in [0.2, 0.25) is 5.91 Å². The average molecular weight is 590 g/mol. The minimum Gasteiger partial charge on any atom is -0.496 e. The van der Waals surface area contributed by atoms with Crippen LogP contribution in [0.3, 0.4) is 0 Å². The molecule has 0 aliphatic rings. The molecule has 1 N–H and O–H groups in total. The van der Waals surface area contributed by atoms with Gasteiger partial charge >= 0.3 is 0 Å². The molecule has 0 unspecified atom stereocenters. The number of amides is 1. The van der Waals surface area contributed by atoms with E-state index >= 15 is 0 Å². The molecule has 0 aliphatic heterocycles. The van der Waals surface area contributed by atoms with Gasteiger partial charge in [-0.05, 0) is 70.2 Å². The van der Waals surface area contributed by atoms with Crippen LogP contribution >= 0.6 is 15.9 Å². The van der Waals surface area contributed by atoms with Crippen molar-refractivity contribution in [2.75, 3.05) is 31.1 Å². The number of benzene rings is 3. The molecule has 0 fully saturated rings. The van der Waals surface area contributed by atoms with Crippen LogP contribution in [0.5, 0.6) is 11.5 Å². The number of methoxy groups -OCH3 is 1. The largest absolute Gasteiger partial charge is 0.496 e. The molecule has 0 heterocycles. The first-order valence-electron chi connectivity index (χ1n) is 11.9. The van der Waals surface area contributed by atoms with Crippen molar-refractivity contribution in [1.29, 1.82) is 0 Å². The Bertz CT molecular complexity index is 1340. The lowest BCUT2D eigenvalue weighted by Crippen LogP contribution is -2.42. The van der Waals surface area contributed by atoms with Crippen molar-refractivity contribution in [3.8, 4) is 11.5 Å². The van der Waals surface area contributed by atoms with Gasteiger partial charge in [-0.2, -0.15) is 0 Å². The molecule has 1 amide bonds. The SMILES string of the molecule is COc1ccc(S(=O)(=O)N(CC(=O)NCCOc2ccccc2C(C)(C)C)c2ccc(C)cc2)cc1Br. The summed E-state index contributed by atoms with van der Waals surface area (Å²) >= 11 is 3.34. The molecule has 7 nitrogen and oxygen atoms in total. The number of carbonyl (C=O) groups excluding carboxylic acids is 1. The van der Waals surface area contributed by atoms with Gasteiger partial charge in [0.25, 0.3) is 10.0 Å². The zero-order valence-corrected chi connectivity index (χ0v) is 24.1. The van der Waals surface area contributed by atoms with E-state index in [1.165, 1.54) is 19.2 Å². The van der Waals surface area contributed by atoms with Crippen LogP contribution in [0.1, 0.15) is 31.9 Å². The van der Waals surface area contributed by atoms with E-state index in [0.29, 0.717) is 15.9 Å². The summed E-state index contributed by atoms with van der Waals surface area (Å²) in [5, 5.41) is 2.78. The van der Waals surface area contributed by atoms with Gasteiger partial charge in [0, 0.05) is 0 Å². The van der Waals surface area contributed by atoms with E-state index < -0.39 is 15.9 Å². The van der Waals surface area contributed by atoms with Crippen LogP contribution in [0.4, 0.5) is 5.69 Å². The lowest BCUT2D eigenvalue weighted by Gasteiger charge is -2.25. The van der Waals surface area contributed by atoms with E-state index in [0.717, 1.165) is 21.2 Å². The third kappa shape index (κ3) is 7.26. The second kappa shape index (κ2) is 12.0. The van der Waals surface area contributed by atoms with Gasteiger partial charge < -0.3 is 14.8 Å². The van der Waals surface area contributed by atoms with Gasteiger partial charge in [0.05, 0.1) is 28.7 Å². The Hall–Kier alpha value is -3.04. The predicted octanol–water partition coefficient (Wildman–Crippen LogP) is 5.45. The highest BCUT2D eigenvalue weighted by Crippen LogP contribution is 2.32. The van der Waals surface area contributed by atoms with Gasteiger partial charge in [-0.1, -0.05) is 56.7 Å². The summed E-state index contributed by atoms with van der Waals surface area (Å²) in [6.45, 7) is 8.34. The van der Waals surface area contributed by atoms with Crippen LogP contribution in [0.2, 0.25) is 0 Å². The molecular weight excluding hydrogens is 556 g/mol. The standard InChI is InChI=1S/C28H33BrN2O5S/c1-20-10-12-21(13-11-20)31(37(33,34)22-14-15-26(35-5)24(29)18-22)19-27(32)30-16-17-36-25-9-7-6-8-23(25)28(2,3)4/h6-15,18H,16-17,19H2,1-5H3,(H,30,32). The molecule has 0 saturated heterocycles. The smallest absolute Gasteiger partial charge is 0.264 e. The Morgan fingerprint density at radius 3 is 2.30 bits per heavy atom. The van der Waals surface area contributed by atoms with Gasteiger partial charge in [-0.15, -0.1) is 0 Å². The molecular formula is C28H33BrN2O5S. The van der Waals surface area contributed by atoms with E-state index in [-0.39, 0.29) is 30.0 Å². The van der Waals surface area contributed by atoms with Gasteiger partial charge in [-0.3, -0.25) is 9.10 Å². The predicted molar refractivity (Wildman–Crippen MR) is 150 cm³/mol. The number of anilines is 1. The number of rotatable bonds is 10. The maximum Gasteiger partial charge on any atom is 0.264 e. The lowest BCUT2D eigenvalue weighted by atomic mass is 9.86. The Kier molecular flexibility index (Phi) is 9.26. The Balaban J connectivity index is 1.74. The monoisotopic (exact) mass is 588 g/mol. The molecule has 9 heteroatoms. The number of aryl methyl sites for hydroxylation is 1. The van der Waals surface area contributed by atoms with Crippen molar-refractivity contribution in [1.82, 2.24) is 5.32 Å². The first-order chi connectivity index (χ1) is 17.4. The van der Waals surface area contributed by atoms with Gasteiger partial charge in [0.15, 0.2) is 0 Å². The summed E-state index contributed by atoms with van der Waals surface area (Å²) in [6, 6.07) is 19.3. The van der Waals surface area contributed by atoms with E-state index in [2.05, 4.69) is 42.0 Å². The van der Waals surface area contributed by atoms with Crippen LogP contribution in [0.25, 0.3) is 0 Å². The molecule has 0 spiro atoms. The fraction of sp³-hybridized carbons (Fsp3) is 0.321. The minimum absolute atomic E-state index is 0.0377. The highest BCUT2D eigenvalue weighted by Gasteiger charge is 2.28. The topological polar surface area (TPSA) is 84.9 Å². The third-order valence-electron chi connectivity index (χ3n) is 5.70. The number of nitrogens with one attached hydrogen (secondary N) is 1. The summed E-state index contributed by atoms with van der Waals surface area (Å²) in [4.78, 5) is 12.9. The number of sulfonamides is 1. The highest BCUT2D eigenvalue weighted by atomic mass is 79.9. The number of ether oxygens (including phenoxy) is 2. The van der Waals surface area contributed by atoms with Gasteiger partial charge in [-0.25, -0.2) is 8.42 Å². The molecule has 0 aliphatic carbocycles. The fourth-order valence-corrected chi connectivity index (χ4v) is 5.85. The summed E-state index contributed by atoms with van der Waals surface area (Å²) in [5.74, 6) is 0.828. The number of para-hydroxylation sites is 1. The summed E-state index contributed by atoms with van der Waals surface area (Å²) < 4.78 is 40.0. The second-order valence-corrected chi connectivity index (χ2v) is 12.3. The third-order valence-corrected chi connectivity index (χ3v) is 8.09. The van der Waals surface area contributed by atoms with Crippen molar-refractivity contribution in [3.05, 3.63) is 82.3 Å². The van der Waals surface area contributed by atoms with Crippen LogP contribution in [0, 0.1) is 6.92 Å². The van der Waals surface area contributed by atoms with Crippen LogP contribution < -0.4 is 19.1 Å². The molecule has 0 radical (unpaired) electrons. The van der Waals surface area contributed by atoms with Crippen molar-refractivity contribution in [3.63, 3.8) is 0 Å². The molecule has 0 aromatic heterocycles. The van der Waals surface area contributed by atoms with Crippen molar-refractivity contribution >= 4 is 37.5 Å². The van der Waals surface area contributed by atoms with Crippen LogP contribution in [-0.4, -0.2) is 41.1 Å². The molecule has 37 heavy (non-hydrogen) atoms. The Labute approximate surface area is 228 Å². The molecule has 0 atom stereocenters. The van der Waals surface area contributed by atoms with Crippen LogP contribution in [0.15, 0.2) is 76.1 Å². The highest BCUT2D eigenvalue weighted by molar-refractivity contribution is 9.10. The summed E-state index contributed by atoms with van der Waals surface area (Å²) in [7, 11) is -2.55. The lowest BCUT2D eigenvalue weighted by molar-refractivity contribution is -0.119. The number of nitrogens with zero attached hydrogens (tertiary/aromatic N) is 1. The second-order valence-electron chi connectivity index (χ2n) is 9.59. The van der Waals surface area contributed by atoms with E-state index in [1.807, 2.05) is 31.2 Å². The Morgan fingerprint density at radius 2 is 1.68 bits per heavy atom. The Morgan fingerprint density at radius 1 is 1.00 bits per heavy atom. The number of halogens is 1. The van der Waals surface area contributed by atoms with Crippen molar-refractivity contribution in [2.45, 2.75) is 38.0 Å². The van der Waals surface area contributed by atoms with E-state index in [1.54, 1.807) is 30.3 Å². The zero-order chi connectivity index (χ0) is 27.2. The van der Waals surface area contributed by atoms with E-state index in [9.17, 15) is 13.2 Å². The molecule has 3 rings (SSSR count). The number of carbonyl (C=O) groups is 1. The first kappa shape index (κ1) is 28.5. The molecule has 0 bridgehead atoms. The number of hydrogen-bond acceptors (Lipinski definition) is 5. The summed E-state index contributed by atoms with van der Waals surface area (Å²) in [6.07, 6.45) is 0. The maximum atomic E-state index is 13.6. The summed E-state index contributed by atoms with van der Waals surface area (Å²) in [5.41, 5.74) is 2.36. The maximum absolute atomic E-state index is 13.6. The average Bonchev–Trinajstić information content (AvgIpc) is 2.85. The fourth-order valence-electron chi connectivity index (χ4n) is 3.71. The minimum atomic E-state index is -4.05. The van der Waals surface area contributed by atoms with Gasteiger partial charge in [0.1, 0.15) is 24.7 Å². The van der Waals surface area contributed by atoms with Crippen molar-refractivity contribution < 1.29 is 22.7 Å².